The third-order valence-electron chi connectivity index (χ3n) is 10.5. The van der Waals surface area contributed by atoms with Gasteiger partial charge in [0.25, 0.3) is 0 Å². The Morgan fingerprint density at radius 2 is 1.58 bits per heavy atom. The van der Waals surface area contributed by atoms with E-state index < -0.39 is 0 Å². The zero-order valence-corrected chi connectivity index (χ0v) is 28.8. The highest BCUT2D eigenvalue weighted by molar-refractivity contribution is 5.65. The van der Waals surface area contributed by atoms with Gasteiger partial charge in [-0.2, -0.15) is 0 Å². The van der Waals surface area contributed by atoms with Crippen LogP contribution in [0.4, 0.5) is 5.69 Å². The highest BCUT2D eigenvalue weighted by Crippen LogP contribution is 2.45. The van der Waals surface area contributed by atoms with Crippen LogP contribution in [-0.2, 0) is 12.8 Å². The monoisotopic (exact) mass is 614 g/mol. The van der Waals surface area contributed by atoms with Gasteiger partial charge in [-0.3, -0.25) is 4.90 Å². The second kappa shape index (κ2) is 13.5. The van der Waals surface area contributed by atoms with Gasteiger partial charge in [-0.15, -0.1) is 0 Å². The highest BCUT2D eigenvalue weighted by Gasteiger charge is 2.40. The van der Waals surface area contributed by atoms with Crippen LogP contribution in [-0.4, -0.2) is 55.0 Å². The zero-order chi connectivity index (χ0) is 32.4. The molecule has 244 valence electrons. The van der Waals surface area contributed by atoms with E-state index in [0.29, 0.717) is 18.3 Å². The number of fused-ring (bicyclic) bond motifs is 1. The van der Waals surface area contributed by atoms with Gasteiger partial charge in [-0.1, -0.05) is 18.2 Å². The van der Waals surface area contributed by atoms with E-state index in [0.717, 1.165) is 49.6 Å². The number of piperidine rings is 1. The Hall–Kier alpha value is -3.38. The normalized spacial score (nSPS) is 19.8. The van der Waals surface area contributed by atoms with E-state index >= 15 is 0 Å². The second-order valence-corrected chi connectivity index (χ2v) is 14.2. The maximum Gasteiger partial charge on any atom is 0.162 e. The predicted molar refractivity (Wildman–Crippen MR) is 185 cm³/mol. The zero-order valence-electron chi connectivity index (χ0n) is 28.8. The summed E-state index contributed by atoms with van der Waals surface area (Å²) in [6, 6.07) is 18.9. The molecule has 0 radical (unpaired) electrons. The summed E-state index contributed by atoms with van der Waals surface area (Å²) in [5.74, 6) is 3.10. The van der Waals surface area contributed by atoms with Gasteiger partial charge in [-0.25, -0.2) is 0 Å². The number of methoxy groups -OCH3 is 2. The molecule has 5 rings (SSSR count). The Morgan fingerprint density at radius 3 is 2.22 bits per heavy atom. The van der Waals surface area contributed by atoms with Crippen LogP contribution in [0.15, 0.2) is 54.6 Å². The molecule has 1 aliphatic heterocycles. The molecule has 0 bridgehead atoms. The molecule has 3 aromatic rings. The van der Waals surface area contributed by atoms with E-state index in [1.165, 1.54) is 47.2 Å². The lowest BCUT2D eigenvalue weighted by atomic mass is 9.79. The van der Waals surface area contributed by atoms with Crippen LogP contribution in [0, 0.1) is 0 Å². The van der Waals surface area contributed by atoms with E-state index in [1.54, 1.807) is 20.3 Å². The number of aromatic hydroxyl groups is 1. The first-order valence-electron chi connectivity index (χ1n) is 16.8. The molecule has 0 saturated carbocycles. The minimum absolute atomic E-state index is 0.142. The predicted octanol–water partition coefficient (Wildman–Crippen LogP) is 8.69. The van der Waals surface area contributed by atoms with E-state index in [9.17, 15) is 5.11 Å². The van der Waals surface area contributed by atoms with E-state index in [4.69, 9.17) is 14.2 Å². The van der Waals surface area contributed by atoms with Crippen molar-refractivity contribution in [3.05, 3.63) is 76.9 Å². The fraction of sp³-hybridized carbons (Fsp3) is 0.538. The fourth-order valence-electron chi connectivity index (χ4n) is 8.04. The lowest BCUT2D eigenvalue weighted by Gasteiger charge is -2.53. The molecule has 45 heavy (non-hydrogen) atoms. The first kappa shape index (κ1) is 33.0. The van der Waals surface area contributed by atoms with Crippen molar-refractivity contribution in [3.63, 3.8) is 0 Å². The van der Waals surface area contributed by atoms with Crippen LogP contribution in [0.5, 0.6) is 23.0 Å². The summed E-state index contributed by atoms with van der Waals surface area (Å²) in [5.41, 5.74) is 6.66. The number of nitrogens with zero attached hydrogens (tertiary/aromatic N) is 2. The minimum atomic E-state index is 0.142. The number of anilines is 1. The van der Waals surface area contributed by atoms with E-state index in [1.807, 2.05) is 6.07 Å². The van der Waals surface area contributed by atoms with Crippen molar-refractivity contribution in [1.82, 2.24) is 4.90 Å². The number of hydrogen-bond donors (Lipinski definition) is 1. The largest absolute Gasteiger partial charge is 0.508 e. The van der Waals surface area contributed by atoms with E-state index in [2.05, 4.69) is 93.8 Å². The van der Waals surface area contributed by atoms with Crippen molar-refractivity contribution in [1.29, 1.82) is 0 Å². The number of aryl methyl sites for hydroxylation is 1. The van der Waals surface area contributed by atoms with Crippen molar-refractivity contribution in [2.75, 3.05) is 38.8 Å². The molecule has 1 fully saturated rings. The molecule has 1 heterocycles. The van der Waals surface area contributed by atoms with Crippen LogP contribution in [0.2, 0.25) is 0 Å². The van der Waals surface area contributed by atoms with Gasteiger partial charge in [0.1, 0.15) is 18.1 Å². The first-order valence-corrected chi connectivity index (χ1v) is 16.8. The fourth-order valence-corrected chi connectivity index (χ4v) is 8.04. The third-order valence-corrected chi connectivity index (χ3v) is 10.5. The number of ether oxygens (including phenoxy) is 3. The molecule has 6 nitrogen and oxygen atoms in total. The highest BCUT2D eigenvalue weighted by atomic mass is 16.5. The quantitative estimate of drug-likeness (QED) is 0.233. The molecule has 0 amide bonds. The Morgan fingerprint density at radius 1 is 0.911 bits per heavy atom. The SMILES string of the molecule is CCN(c1cc(OC)c(OC)cc1[C@@H]1CCc2cc(O)ccc2C1)C(C)c1ccc(OCCN2C(C)(C)CCCC2(C)C)cc1. The Kier molecular flexibility index (Phi) is 9.93. The van der Waals surface area contributed by atoms with Gasteiger partial charge in [-0.05, 0) is 139 Å². The molecule has 0 spiro atoms. The van der Waals surface area contributed by atoms with Crippen LogP contribution in [0.3, 0.4) is 0 Å². The lowest BCUT2D eigenvalue weighted by molar-refractivity contribution is -0.0340. The average Bonchev–Trinajstić information content (AvgIpc) is 3.02. The van der Waals surface area contributed by atoms with Crippen molar-refractivity contribution in [2.45, 2.75) is 103 Å². The standard InChI is InChI=1S/C39H54N2O4/c1-9-40(27(2)28-14-17-33(18-15-28)45-22-21-41-38(3,4)19-10-20-39(41,5)6)35-26-37(44-8)36(43-7)25-34(35)31-12-11-30-24-32(42)16-13-29(30)23-31/h13-18,24-27,31,42H,9-12,19-23H2,1-8H3/t27?,31-/m1/s1. The molecule has 2 atom stereocenters. The maximum atomic E-state index is 10.0. The smallest absolute Gasteiger partial charge is 0.162 e. The lowest BCUT2D eigenvalue weighted by Crippen LogP contribution is -2.59. The Bertz CT molecular complexity index is 1430. The molecule has 1 N–H and O–H groups in total. The molecular weight excluding hydrogens is 560 g/mol. The molecule has 0 aromatic heterocycles. The van der Waals surface area contributed by atoms with Crippen LogP contribution in [0.25, 0.3) is 0 Å². The van der Waals surface area contributed by atoms with Crippen LogP contribution in [0.1, 0.15) is 101 Å². The summed E-state index contributed by atoms with van der Waals surface area (Å²) in [6.07, 6.45) is 6.65. The van der Waals surface area contributed by atoms with Gasteiger partial charge >= 0.3 is 0 Å². The molecule has 2 aliphatic rings. The third kappa shape index (κ3) is 7.06. The summed E-state index contributed by atoms with van der Waals surface area (Å²) in [5, 5.41) is 10.0. The minimum Gasteiger partial charge on any atom is -0.508 e. The number of likely N-dealkylation sites (tertiary alicyclic amines) is 1. The molecule has 1 saturated heterocycles. The summed E-state index contributed by atoms with van der Waals surface area (Å²) in [6.45, 7) is 16.4. The number of benzene rings is 3. The second-order valence-electron chi connectivity index (χ2n) is 14.2. The number of rotatable bonds is 11. The van der Waals surface area contributed by atoms with Crippen LogP contribution >= 0.6 is 0 Å². The summed E-state index contributed by atoms with van der Waals surface area (Å²) >= 11 is 0. The molecule has 6 heteroatoms. The average molecular weight is 615 g/mol. The molecular formula is C39H54N2O4. The number of phenolic OH excluding ortho intramolecular Hbond substituents is 1. The summed E-state index contributed by atoms with van der Waals surface area (Å²) < 4.78 is 17.9. The van der Waals surface area contributed by atoms with Gasteiger partial charge in [0.15, 0.2) is 11.5 Å². The van der Waals surface area contributed by atoms with Gasteiger partial charge in [0, 0.05) is 35.9 Å². The summed E-state index contributed by atoms with van der Waals surface area (Å²) in [4.78, 5) is 5.11. The number of phenols is 1. The van der Waals surface area contributed by atoms with Crippen LogP contribution < -0.4 is 19.1 Å². The molecule has 1 aliphatic carbocycles. The Balaban J connectivity index is 1.35. The molecule has 1 unspecified atom stereocenters. The summed E-state index contributed by atoms with van der Waals surface area (Å²) in [7, 11) is 3.41. The Labute approximate surface area is 271 Å². The maximum absolute atomic E-state index is 10.0. The van der Waals surface area contributed by atoms with Crippen molar-refractivity contribution >= 4 is 5.69 Å². The van der Waals surface area contributed by atoms with Gasteiger partial charge in [0.2, 0.25) is 0 Å². The topological polar surface area (TPSA) is 54.4 Å². The van der Waals surface area contributed by atoms with Crippen molar-refractivity contribution in [3.8, 4) is 23.0 Å². The van der Waals surface area contributed by atoms with Gasteiger partial charge in [0.05, 0.1) is 20.3 Å². The number of hydrogen-bond acceptors (Lipinski definition) is 6. The van der Waals surface area contributed by atoms with Gasteiger partial charge < -0.3 is 24.2 Å². The van der Waals surface area contributed by atoms with Crippen molar-refractivity contribution in [2.24, 2.45) is 0 Å². The van der Waals surface area contributed by atoms with E-state index in [-0.39, 0.29) is 17.1 Å². The molecule has 3 aromatic carbocycles. The first-order chi connectivity index (χ1) is 21.5. The van der Waals surface area contributed by atoms with Crippen molar-refractivity contribution < 1.29 is 19.3 Å².